The number of aliphatic carboxylic acids is 1. The molecule has 23 heavy (non-hydrogen) atoms. The Morgan fingerprint density at radius 3 is 2.48 bits per heavy atom. The Morgan fingerprint density at radius 1 is 1.22 bits per heavy atom. The predicted octanol–water partition coefficient (Wildman–Crippen LogP) is 1.98. The van der Waals surface area contributed by atoms with Crippen molar-refractivity contribution in [2.24, 2.45) is 5.92 Å². The average Bonchev–Trinajstić information content (AvgIpc) is 3.05. The van der Waals surface area contributed by atoms with Gasteiger partial charge in [0.1, 0.15) is 5.75 Å². The van der Waals surface area contributed by atoms with Crippen molar-refractivity contribution in [3.63, 3.8) is 0 Å². The molecule has 1 fully saturated rings. The highest BCUT2D eigenvalue weighted by atomic mass is 16.5. The Hall–Kier alpha value is -2.37. The lowest BCUT2D eigenvalue weighted by atomic mass is 10.1. The highest BCUT2D eigenvalue weighted by Gasteiger charge is 2.30. The molecule has 1 atom stereocenters. The van der Waals surface area contributed by atoms with Crippen molar-refractivity contribution in [1.29, 1.82) is 0 Å². The van der Waals surface area contributed by atoms with Crippen LogP contribution in [-0.4, -0.2) is 47.9 Å². The van der Waals surface area contributed by atoms with Gasteiger partial charge in [-0.15, -0.1) is 0 Å². The molecule has 1 saturated heterocycles. The zero-order valence-corrected chi connectivity index (χ0v) is 13.2. The van der Waals surface area contributed by atoms with Gasteiger partial charge in [-0.1, -0.05) is 0 Å². The van der Waals surface area contributed by atoms with Gasteiger partial charge < -0.3 is 14.7 Å². The minimum atomic E-state index is -0.852. The Kier molecular flexibility index (Phi) is 5.73. The highest BCUT2D eigenvalue weighted by Crippen LogP contribution is 2.18. The summed E-state index contributed by atoms with van der Waals surface area (Å²) >= 11 is 0. The van der Waals surface area contributed by atoms with Crippen molar-refractivity contribution in [2.75, 3.05) is 20.2 Å². The van der Waals surface area contributed by atoms with E-state index in [9.17, 15) is 14.4 Å². The fraction of sp³-hybridized carbons (Fsp3) is 0.471. The van der Waals surface area contributed by atoms with E-state index in [-0.39, 0.29) is 24.7 Å². The second-order valence-corrected chi connectivity index (χ2v) is 5.67. The number of ketones is 1. The van der Waals surface area contributed by atoms with Crippen molar-refractivity contribution in [3.05, 3.63) is 29.8 Å². The number of ether oxygens (including phenoxy) is 1. The summed E-state index contributed by atoms with van der Waals surface area (Å²) in [7, 11) is 1.57. The van der Waals surface area contributed by atoms with Gasteiger partial charge in [0.05, 0.1) is 13.0 Å². The SMILES string of the molecule is COc1ccc(C(=O)CCCC(=O)N2CCC(C(=O)O)C2)cc1. The quantitative estimate of drug-likeness (QED) is 0.777. The fourth-order valence-corrected chi connectivity index (χ4v) is 2.67. The van der Waals surface area contributed by atoms with E-state index in [1.807, 2.05) is 0 Å². The normalized spacial score (nSPS) is 17.1. The molecule has 6 nitrogen and oxygen atoms in total. The van der Waals surface area contributed by atoms with Gasteiger partial charge in [0.2, 0.25) is 5.91 Å². The van der Waals surface area contributed by atoms with Crippen LogP contribution in [-0.2, 0) is 9.59 Å². The van der Waals surface area contributed by atoms with Gasteiger partial charge in [-0.2, -0.15) is 0 Å². The monoisotopic (exact) mass is 319 g/mol. The van der Waals surface area contributed by atoms with Crippen molar-refractivity contribution >= 4 is 17.7 Å². The van der Waals surface area contributed by atoms with Crippen molar-refractivity contribution in [3.8, 4) is 5.75 Å². The van der Waals surface area contributed by atoms with Gasteiger partial charge in [-0.3, -0.25) is 14.4 Å². The summed E-state index contributed by atoms with van der Waals surface area (Å²) in [6.07, 6.45) is 1.55. The summed E-state index contributed by atoms with van der Waals surface area (Å²) in [6.45, 7) is 0.767. The minimum Gasteiger partial charge on any atom is -0.497 e. The highest BCUT2D eigenvalue weighted by molar-refractivity contribution is 5.96. The van der Waals surface area contributed by atoms with E-state index in [4.69, 9.17) is 9.84 Å². The van der Waals surface area contributed by atoms with Crippen LogP contribution in [0.4, 0.5) is 0 Å². The van der Waals surface area contributed by atoms with Crippen LogP contribution >= 0.6 is 0 Å². The molecule has 6 heteroatoms. The number of nitrogens with zero attached hydrogens (tertiary/aromatic N) is 1. The predicted molar refractivity (Wildman–Crippen MR) is 83.5 cm³/mol. The number of benzene rings is 1. The lowest BCUT2D eigenvalue weighted by Crippen LogP contribution is -2.29. The summed E-state index contributed by atoms with van der Waals surface area (Å²) in [6, 6.07) is 6.88. The number of hydrogen-bond acceptors (Lipinski definition) is 4. The molecule has 0 saturated carbocycles. The van der Waals surface area contributed by atoms with Crippen LogP contribution in [0.15, 0.2) is 24.3 Å². The molecule has 1 N–H and O–H groups in total. The molecule has 0 spiro atoms. The molecule has 1 aliphatic heterocycles. The standard InChI is InChI=1S/C17H21NO5/c1-23-14-7-5-12(6-8-14)15(19)3-2-4-16(20)18-10-9-13(11-18)17(21)22/h5-8,13H,2-4,9-11H2,1H3,(H,21,22). The topological polar surface area (TPSA) is 83.9 Å². The van der Waals surface area contributed by atoms with Gasteiger partial charge >= 0.3 is 5.97 Å². The number of amides is 1. The Morgan fingerprint density at radius 2 is 1.91 bits per heavy atom. The third kappa shape index (κ3) is 4.55. The van der Waals surface area contributed by atoms with Crippen molar-refractivity contribution in [2.45, 2.75) is 25.7 Å². The van der Waals surface area contributed by atoms with Crippen molar-refractivity contribution < 1.29 is 24.2 Å². The largest absolute Gasteiger partial charge is 0.497 e. The van der Waals surface area contributed by atoms with E-state index in [1.165, 1.54) is 0 Å². The number of hydrogen-bond donors (Lipinski definition) is 1. The van der Waals surface area contributed by atoms with Gasteiger partial charge in [-0.25, -0.2) is 0 Å². The first kappa shape index (κ1) is 17.0. The molecule has 0 aliphatic carbocycles. The third-order valence-corrected chi connectivity index (χ3v) is 4.10. The summed E-state index contributed by atoms with van der Waals surface area (Å²) in [5.74, 6) is -0.699. The number of methoxy groups -OCH3 is 1. The minimum absolute atomic E-state index is 0.00899. The Labute approximate surface area is 135 Å². The Balaban J connectivity index is 1.74. The summed E-state index contributed by atoms with van der Waals surface area (Å²) in [4.78, 5) is 36.5. The molecule has 0 aromatic heterocycles. The summed E-state index contributed by atoms with van der Waals surface area (Å²) in [5.41, 5.74) is 0.602. The molecule has 0 bridgehead atoms. The zero-order chi connectivity index (χ0) is 16.8. The number of carboxylic acids is 1. The van der Waals surface area contributed by atoms with Crippen LogP contribution in [0.1, 0.15) is 36.0 Å². The molecule has 1 aromatic carbocycles. The van der Waals surface area contributed by atoms with Crippen LogP contribution in [0.5, 0.6) is 5.75 Å². The van der Waals surface area contributed by atoms with Crippen LogP contribution in [0.3, 0.4) is 0 Å². The second kappa shape index (κ2) is 7.76. The number of rotatable bonds is 7. The van der Waals surface area contributed by atoms with Crippen LogP contribution in [0.25, 0.3) is 0 Å². The average molecular weight is 319 g/mol. The molecule has 1 aliphatic rings. The van der Waals surface area contributed by atoms with E-state index in [2.05, 4.69) is 0 Å². The number of carboxylic acid groups (broad SMARTS) is 1. The fourth-order valence-electron chi connectivity index (χ4n) is 2.67. The van der Waals surface area contributed by atoms with E-state index in [0.717, 1.165) is 0 Å². The molecule has 2 rings (SSSR count). The molecule has 124 valence electrons. The first-order valence-electron chi connectivity index (χ1n) is 7.69. The number of likely N-dealkylation sites (tertiary alicyclic amines) is 1. The molecule has 1 amide bonds. The summed E-state index contributed by atoms with van der Waals surface area (Å²) in [5, 5.41) is 8.93. The molecule has 0 radical (unpaired) electrons. The molecule has 1 heterocycles. The van der Waals surface area contributed by atoms with Gasteiger partial charge in [0, 0.05) is 31.5 Å². The van der Waals surface area contributed by atoms with Gasteiger partial charge in [-0.05, 0) is 37.1 Å². The second-order valence-electron chi connectivity index (χ2n) is 5.67. The maximum Gasteiger partial charge on any atom is 0.308 e. The number of carbonyl (C=O) groups is 3. The number of Topliss-reactive ketones (excluding diaryl/α,β-unsaturated/α-hetero) is 1. The number of carbonyl (C=O) groups excluding carboxylic acids is 2. The first-order valence-corrected chi connectivity index (χ1v) is 7.69. The molecule has 1 unspecified atom stereocenters. The zero-order valence-electron chi connectivity index (χ0n) is 13.2. The van der Waals surface area contributed by atoms with E-state index in [0.29, 0.717) is 37.1 Å². The lowest BCUT2D eigenvalue weighted by molar-refractivity contribution is -0.141. The maximum absolute atomic E-state index is 12.0. The van der Waals surface area contributed by atoms with Crippen LogP contribution in [0.2, 0.25) is 0 Å². The van der Waals surface area contributed by atoms with Crippen LogP contribution in [0, 0.1) is 5.92 Å². The lowest BCUT2D eigenvalue weighted by Gasteiger charge is -2.15. The third-order valence-electron chi connectivity index (χ3n) is 4.10. The van der Waals surface area contributed by atoms with E-state index < -0.39 is 11.9 Å². The van der Waals surface area contributed by atoms with Crippen LogP contribution < -0.4 is 4.74 Å². The van der Waals surface area contributed by atoms with E-state index >= 15 is 0 Å². The van der Waals surface area contributed by atoms with Crippen molar-refractivity contribution in [1.82, 2.24) is 4.90 Å². The molecule has 1 aromatic rings. The summed E-state index contributed by atoms with van der Waals surface area (Å²) < 4.78 is 5.04. The molecular weight excluding hydrogens is 298 g/mol. The van der Waals surface area contributed by atoms with E-state index in [1.54, 1.807) is 36.3 Å². The van der Waals surface area contributed by atoms with Gasteiger partial charge in [0.25, 0.3) is 0 Å². The smallest absolute Gasteiger partial charge is 0.308 e. The molecular formula is C17H21NO5. The van der Waals surface area contributed by atoms with Gasteiger partial charge in [0.15, 0.2) is 5.78 Å². The Bertz CT molecular complexity index is 581. The maximum atomic E-state index is 12.0. The first-order chi connectivity index (χ1) is 11.0.